The van der Waals surface area contributed by atoms with Crippen LogP contribution in [0.2, 0.25) is 0 Å². The van der Waals surface area contributed by atoms with E-state index < -0.39 is 0 Å². The Morgan fingerprint density at radius 2 is 1.82 bits per heavy atom. The number of rotatable bonds is 6. The highest BCUT2D eigenvalue weighted by Crippen LogP contribution is 2.18. The first-order chi connectivity index (χ1) is 10.6. The Hall–Kier alpha value is -2.29. The van der Waals surface area contributed by atoms with E-state index in [1.807, 2.05) is 6.07 Å². The van der Waals surface area contributed by atoms with Gasteiger partial charge in [-0.2, -0.15) is 0 Å². The van der Waals surface area contributed by atoms with Gasteiger partial charge in [0.15, 0.2) is 0 Å². The van der Waals surface area contributed by atoms with Crippen molar-refractivity contribution in [3.05, 3.63) is 65.2 Å². The maximum absolute atomic E-state index is 11.7. The minimum Gasteiger partial charge on any atom is -0.489 e. The monoisotopic (exact) mass is 298 g/mol. The summed E-state index contributed by atoms with van der Waals surface area (Å²) in [5, 5.41) is 0. The van der Waals surface area contributed by atoms with Crippen LogP contribution in [0, 0.1) is 0 Å². The molecule has 22 heavy (non-hydrogen) atoms. The summed E-state index contributed by atoms with van der Waals surface area (Å²) in [7, 11) is 0. The van der Waals surface area contributed by atoms with E-state index in [0.717, 1.165) is 5.56 Å². The molecule has 0 aromatic heterocycles. The molecule has 0 saturated carbocycles. The lowest BCUT2D eigenvalue weighted by Crippen LogP contribution is -2.05. The van der Waals surface area contributed by atoms with Crippen LogP contribution >= 0.6 is 0 Å². The van der Waals surface area contributed by atoms with Crippen molar-refractivity contribution >= 4 is 5.97 Å². The molecule has 0 heterocycles. The number of benzene rings is 2. The van der Waals surface area contributed by atoms with Gasteiger partial charge in [0, 0.05) is 0 Å². The van der Waals surface area contributed by atoms with Gasteiger partial charge in [0.05, 0.1) is 12.2 Å². The molecule has 3 heteroatoms. The van der Waals surface area contributed by atoms with Crippen LogP contribution in [0.3, 0.4) is 0 Å². The Morgan fingerprint density at radius 1 is 1.09 bits per heavy atom. The predicted octanol–water partition coefficient (Wildman–Crippen LogP) is 4.57. The molecule has 2 aromatic carbocycles. The number of ether oxygens (including phenoxy) is 2. The van der Waals surface area contributed by atoms with Gasteiger partial charge in [-0.05, 0) is 42.2 Å². The minimum atomic E-state index is -0.325. The number of carbonyl (C=O) groups excluding carboxylic acids is 1. The molecular weight excluding hydrogens is 276 g/mol. The van der Waals surface area contributed by atoms with Gasteiger partial charge >= 0.3 is 5.97 Å². The predicted molar refractivity (Wildman–Crippen MR) is 87.3 cm³/mol. The third kappa shape index (κ3) is 4.35. The lowest BCUT2D eigenvalue weighted by Gasteiger charge is -2.09. The third-order valence-corrected chi connectivity index (χ3v) is 3.40. The van der Waals surface area contributed by atoms with E-state index in [2.05, 4.69) is 38.1 Å². The average molecular weight is 298 g/mol. The molecule has 0 aliphatic carbocycles. The van der Waals surface area contributed by atoms with Gasteiger partial charge in [-0.3, -0.25) is 0 Å². The number of carbonyl (C=O) groups is 1. The van der Waals surface area contributed by atoms with Crippen molar-refractivity contribution in [3.8, 4) is 5.75 Å². The van der Waals surface area contributed by atoms with Gasteiger partial charge in [0.2, 0.25) is 0 Å². The van der Waals surface area contributed by atoms with E-state index in [1.54, 1.807) is 25.1 Å². The summed E-state index contributed by atoms with van der Waals surface area (Å²) < 4.78 is 10.7. The molecule has 0 amide bonds. The summed E-state index contributed by atoms with van der Waals surface area (Å²) in [6.07, 6.45) is 0. The van der Waals surface area contributed by atoms with Crippen LogP contribution in [0.15, 0.2) is 48.5 Å². The fraction of sp³-hybridized carbons (Fsp3) is 0.316. The van der Waals surface area contributed by atoms with Crippen LogP contribution in [-0.4, -0.2) is 12.6 Å². The van der Waals surface area contributed by atoms with Crippen LogP contribution < -0.4 is 4.74 Å². The SMILES string of the molecule is CCOC(=O)c1cccc(OCc2ccc(C(C)C)cc2)c1. The molecule has 0 atom stereocenters. The highest BCUT2D eigenvalue weighted by Gasteiger charge is 2.07. The topological polar surface area (TPSA) is 35.5 Å². The smallest absolute Gasteiger partial charge is 0.338 e. The molecule has 0 fully saturated rings. The maximum atomic E-state index is 11.7. The van der Waals surface area contributed by atoms with Crippen LogP contribution in [0.4, 0.5) is 0 Å². The Labute approximate surface area is 131 Å². The average Bonchev–Trinajstić information content (AvgIpc) is 2.54. The fourth-order valence-corrected chi connectivity index (χ4v) is 2.09. The second kappa shape index (κ2) is 7.64. The van der Waals surface area contributed by atoms with Gasteiger partial charge in [-0.25, -0.2) is 4.79 Å². The molecule has 0 spiro atoms. The van der Waals surface area contributed by atoms with Crippen molar-refractivity contribution in [3.63, 3.8) is 0 Å². The van der Waals surface area contributed by atoms with Gasteiger partial charge in [0.25, 0.3) is 0 Å². The summed E-state index contributed by atoms with van der Waals surface area (Å²) in [4.78, 5) is 11.7. The maximum Gasteiger partial charge on any atom is 0.338 e. The van der Waals surface area contributed by atoms with Crippen LogP contribution in [0.1, 0.15) is 48.2 Å². The second-order valence-electron chi connectivity index (χ2n) is 5.43. The second-order valence-corrected chi connectivity index (χ2v) is 5.43. The van der Waals surface area contributed by atoms with E-state index in [9.17, 15) is 4.79 Å². The van der Waals surface area contributed by atoms with Gasteiger partial charge in [-0.15, -0.1) is 0 Å². The molecule has 3 nitrogen and oxygen atoms in total. The Balaban J connectivity index is 1.99. The quantitative estimate of drug-likeness (QED) is 0.733. The van der Waals surface area contributed by atoms with Crippen molar-refractivity contribution in [1.82, 2.24) is 0 Å². The van der Waals surface area contributed by atoms with Crippen molar-refractivity contribution in [1.29, 1.82) is 0 Å². The standard InChI is InChI=1S/C19H22O3/c1-4-21-19(20)17-6-5-7-18(12-17)22-13-15-8-10-16(11-9-15)14(2)3/h5-12,14H,4,13H2,1-3H3. The van der Waals surface area contributed by atoms with Gasteiger partial charge in [0.1, 0.15) is 12.4 Å². The lowest BCUT2D eigenvalue weighted by molar-refractivity contribution is 0.0526. The van der Waals surface area contributed by atoms with Crippen molar-refractivity contribution < 1.29 is 14.3 Å². The molecule has 0 saturated heterocycles. The first kappa shape index (κ1) is 16.1. The summed E-state index contributed by atoms with van der Waals surface area (Å²) in [6.45, 7) is 6.98. The van der Waals surface area contributed by atoms with E-state index >= 15 is 0 Å². The molecule has 0 unspecified atom stereocenters. The molecular formula is C19H22O3. The zero-order valence-electron chi connectivity index (χ0n) is 13.3. The summed E-state index contributed by atoms with van der Waals surface area (Å²) in [6, 6.07) is 15.5. The zero-order valence-corrected chi connectivity index (χ0v) is 13.3. The zero-order chi connectivity index (χ0) is 15.9. The lowest BCUT2D eigenvalue weighted by atomic mass is 10.0. The molecule has 2 aromatic rings. The minimum absolute atomic E-state index is 0.325. The molecule has 0 aliphatic rings. The Bertz CT molecular complexity index is 615. The Kier molecular flexibility index (Phi) is 5.59. The fourth-order valence-electron chi connectivity index (χ4n) is 2.09. The molecule has 0 N–H and O–H groups in total. The van der Waals surface area contributed by atoms with Crippen LogP contribution in [-0.2, 0) is 11.3 Å². The van der Waals surface area contributed by atoms with Crippen molar-refractivity contribution in [2.75, 3.05) is 6.61 Å². The van der Waals surface area contributed by atoms with Crippen LogP contribution in [0.25, 0.3) is 0 Å². The van der Waals surface area contributed by atoms with E-state index in [4.69, 9.17) is 9.47 Å². The van der Waals surface area contributed by atoms with Crippen LogP contribution in [0.5, 0.6) is 5.75 Å². The molecule has 0 radical (unpaired) electrons. The Morgan fingerprint density at radius 3 is 2.45 bits per heavy atom. The first-order valence-corrected chi connectivity index (χ1v) is 7.59. The highest BCUT2D eigenvalue weighted by atomic mass is 16.5. The van der Waals surface area contributed by atoms with Crippen molar-refractivity contribution in [2.24, 2.45) is 0 Å². The summed E-state index contributed by atoms with van der Waals surface area (Å²) in [5.41, 5.74) is 2.92. The highest BCUT2D eigenvalue weighted by molar-refractivity contribution is 5.89. The van der Waals surface area contributed by atoms with E-state index in [-0.39, 0.29) is 5.97 Å². The first-order valence-electron chi connectivity index (χ1n) is 7.59. The van der Waals surface area contributed by atoms with Gasteiger partial charge in [-0.1, -0.05) is 44.2 Å². The summed E-state index contributed by atoms with van der Waals surface area (Å²) >= 11 is 0. The number of hydrogen-bond acceptors (Lipinski definition) is 3. The molecule has 0 aliphatic heterocycles. The summed E-state index contributed by atoms with van der Waals surface area (Å²) in [5.74, 6) is 0.865. The van der Waals surface area contributed by atoms with E-state index in [1.165, 1.54) is 5.56 Å². The van der Waals surface area contributed by atoms with Gasteiger partial charge < -0.3 is 9.47 Å². The number of hydrogen-bond donors (Lipinski definition) is 0. The normalized spacial score (nSPS) is 10.5. The largest absolute Gasteiger partial charge is 0.489 e. The molecule has 0 bridgehead atoms. The number of esters is 1. The van der Waals surface area contributed by atoms with Crippen molar-refractivity contribution in [2.45, 2.75) is 33.3 Å². The molecule has 2 rings (SSSR count). The third-order valence-electron chi connectivity index (χ3n) is 3.40. The van der Waals surface area contributed by atoms with E-state index in [0.29, 0.717) is 30.4 Å². The molecule has 116 valence electrons.